The smallest absolute Gasteiger partial charge is 0.347 e. The number of aromatic carboxylic acids is 1. The maximum atomic E-state index is 12.1. The molecule has 21 heavy (non-hydrogen) atoms. The Labute approximate surface area is 125 Å². The number of amides is 1. The largest absolute Gasteiger partial charge is 0.477 e. The van der Waals surface area contributed by atoms with Crippen molar-refractivity contribution in [3.8, 4) is 0 Å². The van der Waals surface area contributed by atoms with E-state index in [-0.39, 0.29) is 16.5 Å². The van der Waals surface area contributed by atoms with Crippen LogP contribution in [0.25, 0.3) is 0 Å². The van der Waals surface area contributed by atoms with E-state index < -0.39 is 12.0 Å². The number of nitrogens with one attached hydrogen (secondary N) is 1. The molecule has 0 saturated heterocycles. The second-order valence-electron chi connectivity index (χ2n) is 4.44. The first-order valence-electron chi connectivity index (χ1n) is 6.37. The molecule has 0 saturated carbocycles. The van der Waals surface area contributed by atoms with Crippen molar-refractivity contribution in [2.75, 3.05) is 0 Å². The van der Waals surface area contributed by atoms with Crippen LogP contribution in [0, 0.1) is 6.92 Å². The van der Waals surface area contributed by atoms with Gasteiger partial charge in [0.25, 0.3) is 5.91 Å². The van der Waals surface area contributed by atoms with Crippen molar-refractivity contribution in [1.29, 1.82) is 0 Å². The molecule has 2 N–H and O–H groups in total. The summed E-state index contributed by atoms with van der Waals surface area (Å²) in [4.78, 5) is 31.4. The Morgan fingerprint density at radius 1 is 1.52 bits per heavy atom. The molecule has 0 aliphatic heterocycles. The predicted molar refractivity (Wildman–Crippen MR) is 75.6 cm³/mol. The Hall–Kier alpha value is -2.22. The van der Waals surface area contributed by atoms with Gasteiger partial charge in [0.05, 0.1) is 11.7 Å². The molecule has 7 nitrogen and oxygen atoms in total. The SMILES string of the molecule is CCc1ocnc1C(=O)NC(C)c1nc(C)c(C(=O)O)s1. The molecule has 0 fully saturated rings. The Balaban J connectivity index is 2.14. The molecular weight excluding hydrogens is 294 g/mol. The molecule has 0 bridgehead atoms. The highest BCUT2D eigenvalue weighted by molar-refractivity contribution is 7.13. The number of thiazole rings is 1. The van der Waals surface area contributed by atoms with E-state index in [4.69, 9.17) is 9.52 Å². The zero-order chi connectivity index (χ0) is 15.6. The molecule has 1 atom stereocenters. The number of nitrogens with zero attached hydrogens (tertiary/aromatic N) is 2. The molecule has 0 spiro atoms. The third kappa shape index (κ3) is 3.10. The number of aromatic nitrogens is 2. The van der Waals surface area contributed by atoms with Crippen molar-refractivity contribution in [2.24, 2.45) is 0 Å². The van der Waals surface area contributed by atoms with Gasteiger partial charge in [-0.2, -0.15) is 0 Å². The number of aryl methyl sites for hydroxylation is 2. The van der Waals surface area contributed by atoms with Crippen LogP contribution < -0.4 is 5.32 Å². The third-order valence-corrected chi connectivity index (χ3v) is 4.23. The molecule has 0 radical (unpaired) electrons. The summed E-state index contributed by atoms with van der Waals surface area (Å²) in [6.07, 6.45) is 1.80. The summed E-state index contributed by atoms with van der Waals surface area (Å²) in [5.74, 6) is -0.862. The fourth-order valence-electron chi connectivity index (χ4n) is 1.83. The van der Waals surface area contributed by atoms with Gasteiger partial charge in [-0.1, -0.05) is 6.92 Å². The van der Waals surface area contributed by atoms with Crippen LogP contribution in [-0.2, 0) is 6.42 Å². The Bertz CT molecular complexity index is 677. The maximum Gasteiger partial charge on any atom is 0.347 e. The lowest BCUT2D eigenvalue weighted by molar-refractivity contribution is 0.0701. The van der Waals surface area contributed by atoms with E-state index in [0.29, 0.717) is 22.9 Å². The lowest BCUT2D eigenvalue weighted by atomic mass is 10.2. The van der Waals surface area contributed by atoms with Crippen LogP contribution >= 0.6 is 11.3 Å². The second kappa shape index (κ2) is 6.04. The minimum atomic E-state index is -1.01. The first-order chi connectivity index (χ1) is 9.93. The molecule has 1 amide bonds. The molecule has 8 heteroatoms. The van der Waals surface area contributed by atoms with Crippen LogP contribution in [0.5, 0.6) is 0 Å². The van der Waals surface area contributed by atoms with Crippen LogP contribution in [0.1, 0.15) is 56.5 Å². The van der Waals surface area contributed by atoms with E-state index in [1.165, 1.54) is 6.39 Å². The summed E-state index contributed by atoms with van der Waals surface area (Å²) in [6.45, 7) is 5.24. The van der Waals surface area contributed by atoms with E-state index in [9.17, 15) is 9.59 Å². The minimum absolute atomic E-state index is 0.182. The van der Waals surface area contributed by atoms with Crippen LogP contribution in [0.3, 0.4) is 0 Å². The quantitative estimate of drug-likeness (QED) is 0.877. The number of hydrogen-bond donors (Lipinski definition) is 2. The van der Waals surface area contributed by atoms with Crippen molar-refractivity contribution < 1.29 is 19.1 Å². The highest BCUT2D eigenvalue weighted by atomic mass is 32.1. The van der Waals surface area contributed by atoms with Gasteiger partial charge >= 0.3 is 5.97 Å². The van der Waals surface area contributed by atoms with E-state index in [1.807, 2.05) is 6.92 Å². The van der Waals surface area contributed by atoms with E-state index in [2.05, 4.69) is 15.3 Å². The van der Waals surface area contributed by atoms with Gasteiger partial charge in [-0.25, -0.2) is 14.8 Å². The zero-order valence-electron chi connectivity index (χ0n) is 11.8. The highest BCUT2D eigenvalue weighted by Crippen LogP contribution is 2.24. The average molecular weight is 309 g/mol. The molecule has 2 heterocycles. The number of carboxylic acids is 1. The van der Waals surface area contributed by atoms with E-state index in [1.54, 1.807) is 13.8 Å². The second-order valence-corrected chi connectivity index (χ2v) is 5.48. The maximum absolute atomic E-state index is 12.1. The Morgan fingerprint density at radius 3 is 2.81 bits per heavy atom. The topological polar surface area (TPSA) is 105 Å². The summed E-state index contributed by atoms with van der Waals surface area (Å²) >= 11 is 1.06. The standard InChI is InChI=1S/C13H15N3O4S/c1-4-8-9(14-5-20-8)11(17)15-7(3)12-16-6(2)10(21-12)13(18)19/h5,7H,4H2,1-3H3,(H,15,17)(H,18,19). The highest BCUT2D eigenvalue weighted by Gasteiger charge is 2.22. The summed E-state index contributed by atoms with van der Waals surface area (Å²) in [5, 5.41) is 12.3. The molecule has 0 aliphatic carbocycles. The van der Waals surface area contributed by atoms with Gasteiger partial charge in [0.1, 0.15) is 15.6 Å². The first kappa shape index (κ1) is 15.2. The lowest BCUT2D eigenvalue weighted by Gasteiger charge is -2.10. The van der Waals surface area contributed by atoms with Crippen LogP contribution in [0.15, 0.2) is 10.8 Å². The van der Waals surface area contributed by atoms with Gasteiger partial charge in [-0.15, -0.1) is 11.3 Å². The Kier molecular flexibility index (Phi) is 4.37. The fraction of sp³-hybridized carbons (Fsp3) is 0.385. The fourth-order valence-corrected chi connectivity index (χ4v) is 2.74. The van der Waals surface area contributed by atoms with Crippen molar-refractivity contribution in [1.82, 2.24) is 15.3 Å². The molecule has 1 unspecified atom stereocenters. The summed E-state index contributed by atoms with van der Waals surface area (Å²) in [6, 6.07) is -0.407. The van der Waals surface area contributed by atoms with Gasteiger partial charge in [0, 0.05) is 6.42 Å². The van der Waals surface area contributed by atoms with Gasteiger partial charge in [-0.3, -0.25) is 4.79 Å². The van der Waals surface area contributed by atoms with Crippen molar-refractivity contribution in [2.45, 2.75) is 33.2 Å². The van der Waals surface area contributed by atoms with E-state index in [0.717, 1.165) is 11.3 Å². The van der Waals surface area contributed by atoms with Crippen molar-refractivity contribution in [3.05, 3.63) is 33.4 Å². The molecule has 112 valence electrons. The van der Waals surface area contributed by atoms with Gasteiger partial charge in [0.15, 0.2) is 12.1 Å². The summed E-state index contributed by atoms with van der Waals surface area (Å²) in [5.41, 5.74) is 0.690. The van der Waals surface area contributed by atoms with Crippen LogP contribution in [0.4, 0.5) is 0 Å². The number of carbonyl (C=O) groups is 2. The first-order valence-corrected chi connectivity index (χ1v) is 7.19. The van der Waals surface area contributed by atoms with Crippen LogP contribution in [-0.4, -0.2) is 27.0 Å². The number of hydrogen-bond acceptors (Lipinski definition) is 6. The minimum Gasteiger partial charge on any atom is -0.477 e. The lowest BCUT2D eigenvalue weighted by Crippen LogP contribution is -2.27. The molecule has 2 rings (SSSR count). The molecule has 2 aromatic rings. The number of carboxylic acid groups (broad SMARTS) is 1. The van der Waals surface area contributed by atoms with Gasteiger partial charge in [-0.05, 0) is 13.8 Å². The number of rotatable bonds is 5. The van der Waals surface area contributed by atoms with Gasteiger partial charge < -0.3 is 14.8 Å². The Morgan fingerprint density at radius 2 is 2.24 bits per heavy atom. The molecule has 0 aliphatic rings. The third-order valence-electron chi connectivity index (χ3n) is 2.90. The molecule has 0 aromatic carbocycles. The van der Waals surface area contributed by atoms with Gasteiger partial charge in [0.2, 0.25) is 0 Å². The molecule has 2 aromatic heterocycles. The van der Waals surface area contributed by atoms with Crippen molar-refractivity contribution >= 4 is 23.2 Å². The summed E-state index contributed by atoms with van der Waals surface area (Å²) < 4.78 is 5.11. The van der Waals surface area contributed by atoms with Crippen LogP contribution in [0.2, 0.25) is 0 Å². The summed E-state index contributed by atoms with van der Waals surface area (Å²) in [7, 11) is 0. The predicted octanol–water partition coefficient (Wildman–Crippen LogP) is 2.19. The number of oxazole rings is 1. The van der Waals surface area contributed by atoms with E-state index >= 15 is 0 Å². The normalized spacial score (nSPS) is 12.1. The van der Waals surface area contributed by atoms with Crippen molar-refractivity contribution in [3.63, 3.8) is 0 Å². The molecular formula is C13H15N3O4S. The number of carbonyl (C=O) groups excluding carboxylic acids is 1. The monoisotopic (exact) mass is 309 g/mol. The average Bonchev–Trinajstić information content (AvgIpc) is 3.04. The zero-order valence-corrected chi connectivity index (χ0v) is 12.7.